The summed E-state index contributed by atoms with van der Waals surface area (Å²) < 4.78 is 2.16. The lowest BCUT2D eigenvalue weighted by atomic mass is 9.83. The second-order valence-corrected chi connectivity index (χ2v) is 5.90. The monoisotopic (exact) mass is 283 g/mol. The quantitative estimate of drug-likeness (QED) is 0.936. The van der Waals surface area contributed by atoms with Gasteiger partial charge >= 0.3 is 0 Å². The third-order valence-electron chi connectivity index (χ3n) is 4.61. The first kappa shape index (κ1) is 13.9. The average Bonchev–Trinajstić information content (AvgIpc) is 2.68. The minimum Gasteiger partial charge on any atom is -0.351 e. The molecule has 4 nitrogen and oxygen atoms in total. The summed E-state index contributed by atoms with van der Waals surface area (Å²) >= 11 is 0. The molecule has 4 heteroatoms. The highest BCUT2D eigenvalue weighted by Gasteiger charge is 2.25. The van der Waals surface area contributed by atoms with Crippen LogP contribution in [-0.4, -0.2) is 15.5 Å². The number of aromatic nitrogens is 2. The molecule has 110 valence electrons. The third-order valence-corrected chi connectivity index (χ3v) is 4.61. The molecule has 0 atom stereocenters. The normalized spacial score (nSPS) is 14.8. The molecule has 0 spiro atoms. The van der Waals surface area contributed by atoms with E-state index in [9.17, 15) is 4.79 Å². The van der Waals surface area contributed by atoms with Gasteiger partial charge in [-0.25, -0.2) is 0 Å². The standard InChI is InChI=1S/C17H21N3O/c1-11-10-18-8-7-15(11)19-17(21)14-9-16(13-5-4-6-13)20(3)12(14)2/h7-10,13H,4-6H2,1-3H3,(H,18,19,21). The van der Waals surface area contributed by atoms with Gasteiger partial charge in [-0.1, -0.05) is 6.42 Å². The highest BCUT2D eigenvalue weighted by molar-refractivity contribution is 6.05. The molecule has 2 heterocycles. The number of aryl methyl sites for hydroxylation is 1. The number of hydrogen-bond acceptors (Lipinski definition) is 2. The van der Waals surface area contributed by atoms with Crippen molar-refractivity contribution in [1.29, 1.82) is 0 Å². The fourth-order valence-corrected chi connectivity index (χ4v) is 2.85. The summed E-state index contributed by atoms with van der Waals surface area (Å²) in [4.78, 5) is 16.6. The van der Waals surface area contributed by atoms with Gasteiger partial charge in [0.15, 0.2) is 0 Å². The number of nitrogens with zero attached hydrogens (tertiary/aromatic N) is 2. The van der Waals surface area contributed by atoms with Gasteiger partial charge < -0.3 is 9.88 Å². The van der Waals surface area contributed by atoms with E-state index in [0.29, 0.717) is 5.92 Å². The lowest BCUT2D eigenvalue weighted by Gasteiger charge is -2.26. The second-order valence-electron chi connectivity index (χ2n) is 5.90. The third kappa shape index (κ3) is 2.46. The zero-order valence-corrected chi connectivity index (χ0v) is 12.8. The van der Waals surface area contributed by atoms with Gasteiger partial charge in [-0.05, 0) is 50.3 Å². The molecule has 0 aromatic carbocycles. The maximum Gasteiger partial charge on any atom is 0.257 e. The summed E-state index contributed by atoms with van der Waals surface area (Å²) in [6, 6.07) is 3.89. The SMILES string of the molecule is Cc1cnccc1NC(=O)c1cc(C2CCC2)n(C)c1C. The van der Waals surface area contributed by atoms with Crippen molar-refractivity contribution >= 4 is 11.6 Å². The topological polar surface area (TPSA) is 46.9 Å². The molecule has 0 radical (unpaired) electrons. The summed E-state index contributed by atoms with van der Waals surface area (Å²) in [5, 5.41) is 2.99. The fraction of sp³-hybridized carbons (Fsp3) is 0.412. The molecule has 0 saturated heterocycles. The zero-order valence-electron chi connectivity index (χ0n) is 12.8. The van der Waals surface area contributed by atoms with Gasteiger partial charge in [0.25, 0.3) is 5.91 Å². The van der Waals surface area contributed by atoms with Crippen LogP contribution in [0.1, 0.15) is 52.5 Å². The average molecular weight is 283 g/mol. The largest absolute Gasteiger partial charge is 0.351 e. The van der Waals surface area contributed by atoms with Crippen molar-refractivity contribution in [2.75, 3.05) is 5.32 Å². The molecule has 1 aliphatic rings. The van der Waals surface area contributed by atoms with Crippen LogP contribution in [0.2, 0.25) is 0 Å². The zero-order chi connectivity index (χ0) is 15.0. The molecule has 2 aromatic heterocycles. The molecule has 1 fully saturated rings. The molecule has 1 N–H and O–H groups in total. The van der Waals surface area contributed by atoms with Gasteiger partial charge in [0.05, 0.1) is 5.56 Å². The van der Waals surface area contributed by atoms with E-state index in [0.717, 1.165) is 22.5 Å². The van der Waals surface area contributed by atoms with Crippen molar-refractivity contribution in [3.63, 3.8) is 0 Å². The first-order valence-corrected chi connectivity index (χ1v) is 7.46. The van der Waals surface area contributed by atoms with Crippen LogP contribution in [0.4, 0.5) is 5.69 Å². The van der Waals surface area contributed by atoms with E-state index in [4.69, 9.17) is 0 Å². The number of nitrogens with one attached hydrogen (secondary N) is 1. The molecular formula is C17H21N3O. The van der Waals surface area contributed by atoms with Crippen LogP contribution in [0.5, 0.6) is 0 Å². The van der Waals surface area contributed by atoms with E-state index in [1.165, 1.54) is 25.0 Å². The Kier molecular flexibility index (Phi) is 3.53. The van der Waals surface area contributed by atoms with E-state index in [2.05, 4.69) is 28.0 Å². The minimum absolute atomic E-state index is 0.0389. The summed E-state index contributed by atoms with van der Waals surface area (Å²) in [5.41, 5.74) is 4.88. The fourth-order valence-electron chi connectivity index (χ4n) is 2.85. The highest BCUT2D eigenvalue weighted by Crippen LogP contribution is 2.37. The predicted molar refractivity (Wildman–Crippen MR) is 83.7 cm³/mol. The van der Waals surface area contributed by atoms with Crippen LogP contribution in [-0.2, 0) is 7.05 Å². The number of rotatable bonds is 3. The Morgan fingerprint density at radius 2 is 2.14 bits per heavy atom. The Morgan fingerprint density at radius 1 is 1.38 bits per heavy atom. The predicted octanol–water partition coefficient (Wildman–Crippen LogP) is 3.56. The van der Waals surface area contributed by atoms with Gasteiger partial charge in [-0.2, -0.15) is 0 Å². The van der Waals surface area contributed by atoms with E-state index < -0.39 is 0 Å². The van der Waals surface area contributed by atoms with E-state index >= 15 is 0 Å². The Balaban J connectivity index is 1.86. The molecule has 1 amide bonds. The summed E-state index contributed by atoms with van der Waals surface area (Å²) in [6.07, 6.45) is 7.23. The van der Waals surface area contributed by atoms with Gasteiger partial charge in [0.2, 0.25) is 0 Å². The Hall–Kier alpha value is -2.10. The number of hydrogen-bond donors (Lipinski definition) is 1. The molecule has 21 heavy (non-hydrogen) atoms. The first-order chi connectivity index (χ1) is 10.1. The number of pyridine rings is 1. The lowest BCUT2D eigenvalue weighted by molar-refractivity contribution is 0.102. The maximum atomic E-state index is 12.5. The Morgan fingerprint density at radius 3 is 2.76 bits per heavy atom. The summed E-state index contributed by atoms with van der Waals surface area (Å²) in [5.74, 6) is 0.584. The molecule has 2 aromatic rings. The van der Waals surface area contributed by atoms with E-state index in [1.807, 2.05) is 19.9 Å². The summed E-state index contributed by atoms with van der Waals surface area (Å²) in [6.45, 7) is 3.96. The Bertz CT molecular complexity index is 683. The van der Waals surface area contributed by atoms with Gasteiger partial charge in [-0.3, -0.25) is 9.78 Å². The van der Waals surface area contributed by atoms with Gasteiger partial charge in [0, 0.05) is 36.5 Å². The number of carbonyl (C=O) groups is 1. The lowest BCUT2D eigenvalue weighted by Crippen LogP contribution is -2.13. The molecule has 1 saturated carbocycles. The molecule has 1 aliphatic carbocycles. The van der Waals surface area contributed by atoms with E-state index in [-0.39, 0.29) is 5.91 Å². The second kappa shape index (κ2) is 5.35. The first-order valence-electron chi connectivity index (χ1n) is 7.46. The molecular weight excluding hydrogens is 262 g/mol. The van der Waals surface area contributed by atoms with Crippen LogP contribution in [0.25, 0.3) is 0 Å². The Labute approximate surface area is 125 Å². The van der Waals surface area contributed by atoms with Crippen LogP contribution in [0.3, 0.4) is 0 Å². The molecule has 0 aliphatic heterocycles. The van der Waals surface area contributed by atoms with Crippen LogP contribution in [0.15, 0.2) is 24.5 Å². The van der Waals surface area contributed by atoms with Crippen molar-refractivity contribution in [2.24, 2.45) is 7.05 Å². The van der Waals surface area contributed by atoms with Crippen molar-refractivity contribution < 1.29 is 4.79 Å². The number of carbonyl (C=O) groups excluding carboxylic acids is 1. The maximum absolute atomic E-state index is 12.5. The van der Waals surface area contributed by atoms with Crippen LogP contribution in [0, 0.1) is 13.8 Å². The van der Waals surface area contributed by atoms with Crippen molar-refractivity contribution in [2.45, 2.75) is 39.0 Å². The van der Waals surface area contributed by atoms with Gasteiger partial charge in [0.1, 0.15) is 0 Å². The summed E-state index contributed by atoms with van der Waals surface area (Å²) in [7, 11) is 2.05. The number of amides is 1. The smallest absolute Gasteiger partial charge is 0.257 e. The molecule has 0 unspecified atom stereocenters. The molecule has 3 rings (SSSR count). The van der Waals surface area contributed by atoms with Crippen LogP contribution < -0.4 is 5.32 Å². The van der Waals surface area contributed by atoms with Crippen molar-refractivity contribution in [3.05, 3.63) is 47.0 Å². The molecule has 0 bridgehead atoms. The van der Waals surface area contributed by atoms with E-state index in [1.54, 1.807) is 12.4 Å². The van der Waals surface area contributed by atoms with Crippen molar-refractivity contribution in [1.82, 2.24) is 9.55 Å². The van der Waals surface area contributed by atoms with Crippen LogP contribution >= 0.6 is 0 Å². The van der Waals surface area contributed by atoms with Crippen molar-refractivity contribution in [3.8, 4) is 0 Å². The minimum atomic E-state index is -0.0389. The van der Waals surface area contributed by atoms with Gasteiger partial charge in [-0.15, -0.1) is 0 Å². The number of anilines is 1. The highest BCUT2D eigenvalue weighted by atomic mass is 16.1.